The number of hydrogen-bond acceptors (Lipinski definition) is 6. The van der Waals surface area contributed by atoms with E-state index in [9.17, 15) is 14.4 Å². The molecule has 0 aliphatic carbocycles. The lowest BCUT2D eigenvalue weighted by molar-refractivity contribution is -0.140. The average molecular weight is 614 g/mol. The molecular formula is C35H43N5O5. The summed E-state index contributed by atoms with van der Waals surface area (Å²) in [5.41, 5.74) is 3.67. The van der Waals surface area contributed by atoms with E-state index in [1.165, 1.54) is 0 Å². The second-order valence-electron chi connectivity index (χ2n) is 12.5. The number of aromatic nitrogens is 2. The van der Waals surface area contributed by atoms with Gasteiger partial charge in [-0.1, -0.05) is 6.07 Å². The topological polar surface area (TPSA) is 106 Å². The van der Waals surface area contributed by atoms with E-state index in [0.29, 0.717) is 68.9 Å². The molecule has 0 saturated carbocycles. The van der Waals surface area contributed by atoms with Gasteiger partial charge in [-0.25, -0.2) is 4.98 Å². The average Bonchev–Trinajstić information content (AvgIpc) is 3.60. The molecule has 3 aliphatic heterocycles. The number of amides is 3. The van der Waals surface area contributed by atoms with E-state index in [0.717, 1.165) is 42.5 Å². The number of hydrogen-bond donors (Lipinski definition) is 1. The SMILES string of the molecule is COc1cc2cc(c1OC)CCCNC(=O)CCC[C@H]1[C@@H]3C[C@@H](CN(C(=O)c4ccc(-n5ccnc5)cc4)C3)CN1C(=O)CC2. The fourth-order valence-corrected chi connectivity index (χ4v) is 7.44. The fraction of sp³-hybridized carbons (Fsp3) is 0.486. The minimum absolute atomic E-state index is 0.00497. The number of benzene rings is 2. The molecule has 0 radical (unpaired) electrons. The Hall–Kier alpha value is -4.34. The summed E-state index contributed by atoms with van der Waals surface area (Å²) in [6.07, 6.45) is 10.7. The molecule has 238 valence electrons. The first kappa shape index (κ1) is 30.7. The molecular weight excluding hydrogens is 570 g/mol. The maximum Gasteiger partial charge on any atom is 0.253 e. The molecule has 6 rings (SSSR count). The Morgan fingerprint density at radius 3 is 2.56 bits per heavy atom. The molecule has 2 fully saturated rings. The second kappa shape index (κ2) is 13.7. The summed E-state index contributed by atoms with van der Waals surface area (Å²) in [5.74, 6) is 1.96. The van der Waals surface area contributed by atoms with E-state index in [4.69, 9.17) is 9.47 Å². The summed E-state index contributed by atoms with van der Waals surface area (Å²) in [6, 6.07) is 11.7. The van der Waals surface area contributed by atoms with Crippen molar-refractivity contribution in [2.75, 3.05) is 40.4 Å². The smallest absolute Gasteiger partial charge is 0.253 e. The first-order chi connectivity index (χ1) is 21.9. The zero-order valence-electron chi connectivity index (χ0n) is 26.2. The van der Waals surface area contributed by atoms with Crippen LogP contribution in [0.2, 0.25) is 0 Å². The number of rotatable bonds is 4. The van der Waals surface area contributed by atoms with E-state index in [1.807, 2.05) is 46.0 Å². The summed E-state index contributed by atoms with van der Waals surface area (Å²) in [7, 11) is 3.27. The monoisotopic (exact) mass is 613 g/mol. The molecule has 3 atom stereocenters. The Bertz CT molecular complexity index is 1510. The third-order valence-corrected chi connectivity index (χ3v) is 9.59. The van der Waals surface area contributed by atoms with Crippen LogP contribution in [0.15, 0.2) is 55.1 Å². The Kier molecular flexibility index (Phi) is 9.37. The number of piperidine rings is 2. The molecule has 3 aromatic rings. The number of methoxy groups -OCH3 is 2. The van der Waals surface area contributed by atoms with Gasteiger partial charge >= 0.3 is 0 Å². The van der Waals surface area contributed by atoms with E-state index in [2.05, 4.69) is 21.3 Å². The molecule has 4 heterocycles. The molecule has 2 aromatic carbocycles. The number of carbonyl (C=O) groups excluding carboxylic acids is 3. The molecule has 10 nitrogen and oxygen atoms in total. The first-order valence-corrected chi connectivity index (χ1v) is 16.1. The highest BCUT2D eigenvalue weighted by atomic mass is 16.5. The van der Waals surface area contributed by atoms with Crippen LogP contribution in [0.25, 0.3) is 5.69 Å². The van der Waals surface area contributed by atoms with Crippen molar-refractivity contribution in [3.05, 3.63) is 71.8 Å². The van der Waals surface area contributed by atoms with Gasteiger partial charge < -0.3 is 29.2 Å². The zero-order chi connectivity index (χ0) is 31.3. The molecule has 3 aliphatic rings. The number of ether oxygens (including phenoxy) is 2. The van der Waals surface area contributed by atoms with Crippen molar-refractivity contribution in [2.45, 2.75) is 57.4 Å². The van der Waals surface area contributed by atoms with Crippen LogP contribution in [0.5, 0.6) is 11.5 Å². The van der Waals surface area contributed by atoms with Gasteiger partial charge in [0.1, 0.15) is 0 Å². The van der Waals surface area contributed by atoms with E-state index >= 15 is 0 Å². The van der Waals surface area contributed by atoms with Gasteiger partial charge in [-0.2, -0.15) is 0 Å². The minimum atomic E-state index is -0.00497. The van der Waals surface area contributed by atoms with Crippen molar-refractivity contribution < 1.29 is 23.9 Å². The number of nitrogens with zero attached hydrogens (tertiary/aromatic N) is 4. The normalized spacial score (nSPS) is 22.8. The highest BCUT2D eigenvalue weighted by molar-refractivity contribution is 5.94. The van der Waals surface area contributed by atoms with Gasteiger partial charge in [-0.3, -0.25) is 14.4 Å². The van der Waals surface area contributed by atoms with E-state index in [-0.39, 0.29) is 35.6 Å². The highest BCUT2D eigenvalue weighted by Crippen LogP contribution is 2.37. The first-order valence-electron chi connectivity index (χ1n) is 16.1. The van der Waals surface area contributed by atoms with Crippen molar-refractivity contribution in [2.24, 2.45) is 11.8 Å². The van der Waals surface area contributed by atoms with Crippen LogP contribution < -0.4 is 14.8 Å². The van der Waals surface area contributed by atoms with Gasteiger partial charge in [-0.05, 0) is 91.8 Å². The Balaban J connectivity index is 1.20. The molecule has 0 unspecified atom stereocenters. The van der Waals surface area contributed by atoms with Gasteiger partial charge in [-0.15, -0.1) is 0 Å². The van der Waals surface area contributed by atoms with Gasteiger partial charge in [0.25, 0.3) is 5.91 Å². The van der Waals surface area contributed by atoms with Gasteiger partial charge in [0, 0.05) is 68.7 Å². The number of fused-ring (bicyclic) bond motifs is 6. The molecule has 45 heavy (non-hydrogen) atoms. The summed E-state index contributed by atoms with van der Waals surface area (Å²) >= 11 is 0. The van der Waals surface area contributed by atoms with Gasteiger partial charge in [0.05, 0.1) is 20.5 Å². The van der Waals surface area contributed by atoms with Crippen molar-refractivity contribution in [1.82, 2.24) is 24.7 Å². The lowest BCUT2D eigenvalue weighted by atomic mass is 9.77. The van der Waals surface area contributed by atoms with E-state index in [1.54, 1.807) is 26.7 Å². The van der Waals surface area contributed by atoms with Gasteiger partial charge in [0.15, 0.2) is 11.5 Å². The number of carbonyl (C=O) groups is 3. The third kappa shape index (κ3) is 6.84. The van der Waals surface area contributed by atoms with E-state index < -0.39 is 0 Å². The maximum atomic E-state index is 13.9. The Morgan fingerprint density at radius 2 is 1.80 bits per heavy atom. The fourth-order valence-electron chi connectivity index (χ4n) is 7.44. The number of likely N-dealkylation sites (tertiary alicyclic amines) is 1. The third-order valence-electron chi connectivity index (χ3n) is 9.59. The Labute approximate surface area is 264 Å². The summed E-state index contributed by atoms with van der Waals surface area (Å²) in [5, 5.41) is 3.07. The van der Waals surface area contributed by atoms with Crippen LogP contribution in [0.4, 0.5) is 0 Å². The molecule has 1 N–H and O–H groups in total. The predicted molar refractivity (Wildman–Crippen MR) is 170 cm³/mol. The quantitative estimate of drug-likeness (QED) is 0.476. The van der Waals surface area contributed by atoms with Gasteiger partial charge in [0.2, 0.25) is 11.8 Å². The Morgan fingerprint density at radius 1 is 0.956 bits per heavy atom. The maximum absolute atomic E-state index is 13.9. The largest absolute Gasteiger partial charge is 0.493 e. The summed E-state index contributed by atoms with van der Waals surface area (Å²) in [6.45, 7) is 2.47. The zero-order valence-corrected chi connectivity index (χ0v) is 26.2. The number of imidazole rings is 1. The molecule has 1 aromatic heterocycles. The van der Waals surface area contributed by atoms with Crippen LogP contribution in [-0.4, -0.2) is 83.5 Å². The van der Waals surface area contributed by atoms with Crippen molar-refractivity contribution in [3.8, 4) is 17.2 Å². The van der Waals surface area contributed by atoms with Crippen LogP contribution in [0.3, 0.4) is 0 Å². The molecule has 4 bridgehead atoms. The van der Waals surface area contributed by atoms with Crippen LogP contribution in [-0.2, 0) is 22.4 Å². The summed E-state index contributed by atoms with van der Waals surface area (Å²) < 4.78 is 13.2. The number of aryl methyl sites for hydroxylation is 2. The molecule has 3 amide bonds. The van der Waals surface area contributed by atoms with Crippen molar-refractivity contribution >= 4 is 17.7 Å². The molecule has 0 spiro atoms. The standard InChI is InChI=1S/C35H43N5O5/c1-44-31-19-24-8-13-33(42)40-21-25-18-28(30(40)6-3-7-32(41)37-14-4-5-27(17-24)34(31)45-2)22-39(20-25)35(43)26-9-11-29(12-10-26)38-16-15-36-23-38/h9-12,15-17,19,23,25,28,30H,3-8,13-14,18,20-22H2,1-2H3,(H,37,41)/t25-,28+,30-/m0/s1. The van der Waals surface area contributed by atoms with Crippen LogP contribution in [0.1, 0.15) is 60.0 Å². The molecule has 10 heteroatoms. The minimum Gasteiger partial charge on any atom is -0.493 e. The molecule has 2 saturated heterocycles. The van der Waals surface area contributed by atoms with Crippen LogP contribution in [0, 0.1) is 11.8 Å². The predicted octanol–water partition coefficient (Wildman–Crippen LogP) is 4.04. The van der Waals surface area contributed by atoms with Crippen molar-refractivity contribution in [3.63, 3.8) is 0 Å². The lowest BCUT2D eigenvalue weighted by Crippen LogP contribution is -2.60. The number of nitrogens with one attached hydrogen (secondary N) is 1. The van der Waals surface area contributed by atoms with Crippen molar-refractivity contribution in [1.29, 1.82) is 0 Å². The highest BCUT2D eigenvalue weighted by Gasteiger charge is 2.43. The summed E-state index contributed by atoms with van der Waals surface area (Å²) in [4.78, 5) is 48.4. The van der Waals surface area contributed by atoms with Crippen LogP contribution >= 0.6 is 0 Å². The second-order valence-corrected chi connectivity index (χ2v) is 12.5. The lowest BCUT2D eigenvalue weighted by Gasteiger charge is -2.51.